The Hall–Kier alpha value is -1.15. The van der Waals surface area contributed by atoms with Crippen molar-refractivity contribution in [3.05, 3.63) is 47.8 Å². The smallest absolute Gasteiger partial charge is 0.420 e. The molecule has 0 spiro atoms. The molecule has 1 aromatic heterocycles. The van der Waals surface area contributed by atoms with Gasteiger partial charge < -0.3 is 24.0 Å². The van der Waals surface area contributed by atoms with Crippen molar-refractivity contribution in [3.63, 3.8) is 0 Å². The Balaban J connectivity index is 0.00000180. The summed E-state index contributed by atoms with van der Waals surface area (Å²) < 4.78 is 16.8. The lowest BCUT2D eigenvalue weighted by molar-refractivity contribution is -0.670. The molecule has 0 radical (unpaired) electrons. The summed E-state index contributed by atoms with van der Waals surface area (Å²) in [6.45, 7) is 0. The fraction of sp³-hybridized carbons (Fsp3) is 0.167. The second-order valence-electron chi connectivity index (χ2n) is 3.92. The van der Waals surface area contributed by atoms with E-state index in [0.29, 0.717) is 5.02 Å². The number of imidazole rings is 1. The normalized spacial score (nSPS) is 9.89. The van der Waals surface area contributed by atoms with Crippen LogP contribution in [0.2, 0.25) is 5.02 Å². The quantitative estimate of drug-likeness (QED) is 0.460. The fourth-order valence-corrected chi connectivity index (χ4v) is 1.75. The first kappa shape index (κ1) is 15.9. The minimum atomic E-state index is -0.533. The number of amides is 1. The summed E-state index contributed by atoms with van der Waals surface area (Å²) in [4.78, 5) is 13.3. The Kier molecular flexibility index (Phi) is 5.30. The SMILES string of the molecule is CN(C(=O)n1cc[n+](C)c1)c1ccc(Cl)cc1F.[I-]. The van der Waals surface area contributed by atoms with Crippen LogP contribution in [-0.4, -0.2) is 17.6 Å². The highest BCUT2D eigenvalue weighted by Gasteiger charge is 2.21. The Morgan fingerprint density at radius 2 is 2.16 bits per heavy atom. The molecule has 19 heavy (non-hydrogen) atoms. The number of nitrogens with zero attached hydrogens (tertiary/aromatic N) is 3. The third-order valence-electron chi connectivity index (χ3n) is 2.55. The van der Waals surface area contributed by atoms with Gasteiger partial charge in [-0.2, -0.15) is 4.57 Å². The van der Waals surface area contributed by atoms with E-state index >= 15 is 0 Å². The molecular formula is C12H12ClFIN3O. The molecule has 1 aromatic carbocycles. The average Bonchev–Trinajstić information content (AvgIpc) is 2.74. The van der Waals surface area contributed by atoms with Gasteiger partial charge in [0, 0.05) is 12.1 Å². The van der Waals surface area contributed by atoms with Crippen LogP contribution in [0.25, 0.3) is 0 Å². The number of hydrogen-bond donors (Lipinski definition) is 0. The molecule has 0 fully saturated rings. The van der Waals surface area contributed by atoms with Gasteiger partial charge in [-0.05, 0) is 18.2 Å². The first-order valence-electron chi connectivity index (χ1n) is 5.25. The van der Waals surface area contributed by atoms with E-state index in [1.807, 2.05) is 0 Å². The zero-order chi connectivity index (χ0) is 13.3. The summed E-state index contributed by atoms with van der Waals surface area (Å²) in [5.41, 5.74) is 0.181. The maximum absolute atomic E-state index is 13.7. The Morgan fingerprint density at radius 1 is 1.47 bits per heavy atom. The maximum atomic E-state index is 13.7. The van der Waals surface area contributed by atoms with Gasteiger partial charge in [0.25, 0.3) is 6.33 Å². The van der Waals surface area contributed by atoms with Gasteiger partial charge in [-0.25, -0.2) is 13.8 Å². The molecule has 0 bridgehead atoms. The number of halogens is 3. The van der Waals surface area contributed by atoms with Crippen LogP contribution in [-0.2, 0) is 7.05 Å². The van der Waals surface area contributed by atoms with E-state index in [0.717, 1.165) is 0 Å². The van der Waals surface area contributed by atoms with Crippen LogP contribution in [0.1, 0.15) is 0 Å². The zero-order valence-electron chi connectivity index (χ0n) is 10.3. The van der Waals surface area contributed by atoms with Crippen LogP contribution >= 0.6 is 11.6 Å². The van der Waals surface area contributed by atoms with E-state index in [1.165, 1.54) is 28.6 Å². The first-order chi connectivity index (χ1) is 8.49. The van der Waals surface area contributed by atoms with Crippen LogP contribution < -0.4 is 33.4 Å². The van der Waals surface area contributed by atoms with Crippen LogP contribution in [0.3, 0.4) is 0 Å². The topological polar surface area (TPSA) is 29.1 Å². The van der Waals surface area contributed by atoms with Crippen LogP contribution in [0, 0.1) is 5.82 Å². The Morgan fingerprint density at radius 3 is 2.68 bits per heavy atom. The number of benzene rings is 1. The molecule has 4 nitrogen and oxygen atoms in total. The predicted molar refractivity (Wildman–Crippen MR) is 66.2 cm³/mol. The largest absolute Gasteiger partial charge is 1.00 e. The number of aromatic nitrogens is 2. The predicted octanol–water partition coefficient (Wildman–Crippen LogP) is -0.786. The highest BCUT2D eigenvalue weighted by molar-refractivity contribution is 6.30. The monoisotopic (exact) mass is 395 g/mol. The molecule has 2 aromatic rings. The average molecular weight is 396 g/mol. The molecule has 1 heterocycles. The zero-order valence-corrected chi connectivity index (χ0v) is 13.3. The second-order valence-corrected chi connectivity index (χ2v) is 4.36. The highest BCUT2D eigenvalue weighted by atomic mass is 127. The van der Waals surface area contributed by atoms with E-state index in [9.17, 15) is 9.18 Å². The number of carbonyl (C=O) groups excluding carboxylic acids is 1. The van der Waals surface area contributed by atoms with E-state index in [-0.39, 0.29) is 35.7 Å². The third kappa shape index (κ3) is 3.44. The van der Waals surface area contributed by atoms with Crippen molar-refractivity contribution < 1.29 is 37.7 Å². The van der Waals surface area contributed by atoms with Crippen LogP contribution in [0.5, 0.6) is 0 Å². The van der Waals surface area contributed by atoms with Crippen molar-refractivity contribution in [2.45, 2.75) is 0 Å². The van der Waals surface area contributed by atoms with Crippen molar-refractivity contribution in [2.75, 3.05) is 11.9 Å². The first-order valence-corrected chi connectivity index (χ1v) is 5.63. The van der Waals surface area contributed by atoms with Crippen LogP contribution in [0.15, 0.2) is 36.9 Å². The van der Waals surface area contributed by atoms with Gasteiger partial charge in [0.15, 0.2) is 0 Å². The van der Waals surface area contributed by atoms with Crippen molar-refractivity contribution in [1.82, 2.24) is 4.57 Å². The molecule has 0 N–H and O–H groups in total. The lowest BCUT2D eigenvalue weighted by Gasteiger charge is -2.14. The number of rotatable bonds is 1. The van der Waals surface area contributed by atoms with Gasteiger partial charge in [0.05, 0.1) is 12.7 Å². The van der Waals surface area contributed by atoms with Gasteiger partial charge in [-0.1, -0.05) is 11.6 Å². The van der Waals surface area contributed by atoms with Crippen molar-refractivity contribution in [3.8, 4) is 0 Å². The molecule has 0 atom stereocenters. The molecule has 1 amide bonds. The van der Waals surface area contributed by atoms with E-state index in [2.05, 4.69) is 0 Å². The number of hydrogen-bond acceptors (Lipinski definition) is 1. The van der Waals surface area contributed by atoms with E-state index in [1.54, 1.807) is 36.4 Å². The molecule has 0 aliphatic heterocycles. The van der Waals surface area contributed by atoms with Gasteiger partial charge in [-0.3, -0.25) is 4.90 Å². The summed E-state index contributed by atoms with van der Waals surface area (Å²) >= 11 is 5.67. The summed E-state index contributed by atoms with van der Waals surface area (Å²) in [6.07, 6.45) is 4.93. The van der Waals surface area contributed by atoms with Gasteiger partial charge >= 0.3 is 6.03 Å². The molecule has 2 rings (SSSR count). The molecule has 0 saturated heterocycles. The van der Waals surface area contributed by atoms with Gasteiger partial charge in [-0.15, -0.1) is 0 Å². The molecule has 7 heteroatoms. The van der Waals surface area contributed by atoms with Crippen molar-refractivity contribution >= 4 is 23.3 Å². The molecular weight excluding hydrogens is 384 g/mol. The lowest BCUT2D eigenvalue weighted by Crippen LogP contribution is -3.00. The number of aryl methyl sites for hydroxylation is 1. The molecule has 102 valence electrons. The minimum absolute atomic E-state index is 0. The Labute approximate surface area is 132 Å². The van der Waals surface area contributed by atoms with E-state index in [4.69, 9.17) is 11.6 Å². The van der Waals surface area contributed by atoms with Crippen LogP contribution in [0.4, 0.5) is 14.9 Å². The summed E-state index contributed by atoms with van der Waals surface area (Å²) in [6, 6.07) is 3.84. The summed E-state index contributed by atoms with van der Waals surface area (Å²) in [7, 11) is 3.31. The molecule has 0 aliphatic carbocycles. The van der Waals surface area contributed by atoms with Gasteiger partial charge in [0.1, 0.15) is 18.2 Å². The minimum Gasteiger partial charge on any atom is -1.00 e. The molecule has 0 saturated carbocycles. The molecule has 0 unspecified atom stereocenters. The lowest BCUT2D eigenvalue weighted by atomic mass is 10.3. The summed E-state index contributed by atoms with van der Waals surface area (Å²) in [5, 5.41) is 0.296. The highest BCUT2D eigenvalue weighted by Crippen LogP contribution is 2.22. The van der Waals surface area contributed by atoms with Crippen molar-refractivity contribution in [2.24, 2.45) is 7.05 Å². The van der Waals surface area contributed by atoms with E-state index < -0.39 is 5.82 Å². The number of carbonyl (C=O) groups is 1. The standard InChI is InChI=1S/C12H12ClFN3O.HI/c1-15-5-6-17(8-15)12(18)16(2)11-4-3-9(13)7-10(11)14;/h3-8H,1-2H3;1H/q+1;/p-1. The van der Waals surface area contributed by atoms with Gasteiger partial charge in [0.2, 0.25) is 0 Å². The fourth-order valence-electron chi connectivity index (χ4n) is 1.59. The Bertz CT molecular complexity index is 602. The third-order valence-corrected chi connectivity index (χ3v) is 2.78. The summed E-state index contributed by atoms with van der Waals surface area (Å²) in [5.74, 6) is -0.533. The second kappa shape index (κ2) is 6.33. The van der Waals surface area contributed by atoms with Crippen molar-refractivity contribution in [1.29, 1.82) is 0 Å². The number of anilines is 1. The molecule has 0 aliphatic rings. The maximum Gasteiger partial charge on any atom is 0.420 e.